The summed E-state index contributed by atoms with van der Waals surface area (Å²) in [4.78, 5) is 37.9. The van der Waals surface area contributed by atoms with Gasteiger partial charge in [0.15, 0.2) is 11.6 Å². The Kier molecular flexibility index (Phi) is 5.99. The summed E-state index contributed by atoms with van der Waals surface area (Å²) in [5, 5.41) is 10.2. The van der Waals surface area contributed by atoms with Crippen molar-refractivity contribution < 1.29 is 14.1 Å². The first-order chi connectivity index (χ1) is 13.6. The molecule has 0 radical (unpaired) electrons. The van der Waals surface area contributed by atoms with Crippen LogP contribution < -0.4 is 20.1 Å². The maximum absolute atomic E-state index is 12.9. The van der Waals surface area contributed by atoms with Crippen molar-refractivity contribution in [3.63, 3.8) is 0 Å². The SMILES string of the molecule is Cc1cc(NC(=O)Cn2c(=O)/c(=C\c3ccsc3)s/c2=C\C(=O)C(C)(C)C)no1. The van der Waals surface area contributed by atoms with Crippen molar-refractivity contribution in [3.8, 4) is 0 Å². The van der Waals surface area contributed by atoms with Gasteiger partial charge in [-0.25, -0.2) is 0 Å². The molecule has 7 nitrogen and oxygen atoms in total. The van der Waals surface area contributed by atoms with Crippen molar-refractivity contribution in [2.45, 2.75) is 34.2 Å². The second-order valence-corrected chi connectivity index (χ2v) is 9.37. The normalized spacial score (nSPS) is 13.1. The van der Waals surface area contributed by atoms with E-state index in [9.17, 15) is 14.4 Å². The van der Waals surface area contributed by atoms with Gasteiger partial charge in [0, 0.05) is 17.6 Å². The zero-order valence-corrected chi connectivity index (χ0v) is 18.1. The number of thiazole rings is 1. The number of anilines is 1. The quantitative estimate of drug-likeness (QED) is 0.668. The average molecular weight is 432 g/mol. The highest BCUT2D eigenvalue weighted by atomic mass is 32.1. The molecule has 29 heavy (non-hydrogen) atoms. The van der Waals surface area contributed by atoms with Crippen LogP contribution in [0.25, 0.3) is 12.2 Å². The van der Waals surface area contributed by atoms with E-state index in [1.54, 1.807) is 39.8 Å². The first-order valence-corrected chi connectivity index (χ1v) is 10.6. The number of ketones is 1. The van der Waals surface area contributed by atoms with Crippen LogP contribution in [0.15, 0.2) is 32.2 Å². The van der Waals surface area contributed by atoms with E-state index in [-0.39, 0.29) is 23.7 Å². The molecule has 1 N–H and O–H groups in total. The van der Waals surface area contributed by atoms with E-state index >= 15 is 0 Å². The maximum atomic E-state index is 12.9. The molecular weight excluding hydrogens is 410 g/mol. The number of aromatic nitrogens is 2. The fraction of sp³-hybridized carbons (Fsp3) is 0.300. The molecule has 0 aliphatic carbocycles. The summed E-state index contributed by atoms with van der Waals surface area (Å²) < 4.78 is 7.14. The molecule has 0 saturated carbocycles. The summed E-state index contributed by atoms with van der Waals surface area (Å²) in [7, 11) is 0. The number of aryl methyl sites for hydroxylation is 1. The maximum Gasteiger partial charge on any atom is 0.269 e. The van der Waals surface area contributed by atoms with E-state index in [0.717, 1.165) is 5.56 Å². The molecule has 0 unspecified atom stereocenters. The van der Waals surface area contributed by atoms with Crippen molar-refractivity contribution in [2.24, 2.45) is 5.41 Å². The van der Waals surface area contributed by atoms with Gasteiger partial charge in [0.2, 0.25) is 5.91 Å². The molecule has 0 atom stereocenters. The Morgan fingerprint density at radius 3 is 2.69 bits per heavy atom. The second-order valence-electron chi connectivity index (χ2n) is 7.53. The van der Waals surface area contributed by atoms with Gasteiger partial charge in [0.1, 0.15) is 17.0 Å². The number of nitrogens with zero attached hydrogens (tertiary/aromatic N) is 2. The van der Waals surface area contributed by atoms with Crippen molar-refractivity contribution >= 4 is 52.3 Å². The van der Waals surface area contributed by atoms with Crippen LogP contribution in [0.2, 0.25) is 0 Å². The summed E-state index contributed by atoms with van der Waals surface area (Å²) in [6.45, 7) is 6.89. The smallest absolute Gasteiger partial charge is 0.269 e. The highest BCUT2D eigenvalue weighted by Crippen LogP contribution is 2.15. The van der Waals surface area contributed by atoms with Crippen LogP contribution in [0.5, 0.6) is 0 Å². The molecule has 0 bridgehead atoms. The molecule has 0 fully saturated rings. The lowest BCUT2D eigenvalue weighted by Gasteiger charge is -2.12. The van der Waals surface area contributed by atoms with Crippen molar-refractivity contribution in [3.05, 3.63) is 53.8 Å². The molecule has 3 heterocycles. The van der Waals surface area contributed by atoms with Gasteiger partial charge >= 0.3 is 0 Å². The third-order valence-electron chi connectivity index (χ3n) is 3.97. The van der Waals surface area contributed by atoms with Gasteiger partial charge in [0.25, 0.3) is 5.56 Å². The van der Waals surface area contributed by atoms with Crippen molar-refractivity contribution in [1.29, 1.82) is 0 Å². The fourth-order valence-corrected chi connectivity index (χ4v) is 4.04. The molecule has 0 aliphatic rings. The Morgan fingerprint density at radius 2 is 2.10 bits per heavy atom. The van der Waals surface area contributed by atoms with Gasteiger partial charge in [-0.15, -0.1) is 11.3 Å². The summed E-state index contributed by atoms with van der Waals surface area (Å²) in [6, 6.07) is 3.48. The van der Waals surface area contributed by atoms with E-state index in [2.05, 4.69) is 10.5 Å². The van der Waals surface area contributed by atoms with Gasteiger partial charge in [-0.2, -0.15) is 11.3 Å². The molecule has 0 aliphatic heterocycles. The number of hydrogen-bond acceptors (Lipinski definition) is 7. The predicted octanol–water partition coefficient (Wildman–Crippen LogP) is 2.13. The van der Waals surface area contributed by atoms with E-state index in [1.807, 2.05) is 16.8 Å². The second kappa shape index (κ2) is 8.30. The first kappa shape index (κ1) is 20.9. The van der Waals surface area contributed by atoms with Crippen LogP contribution in [0.1, 0.15) is 32.1 Å². The van der Waals surface area contributed by atoms with Crippen molar-refractivity contribution in [1.82, 2.24) is 9.72 Å². The number of thiophene rings is 1. The molecule has 1 amide bonds. The number of nitrogens with one attached hydrogen (secondary N) is 1. The zero-order chi connectivity index (χ0) is 21.2. The van der Waals surface area contributed by atoms with Crippen LogP contribution in [0.3, 0.4) is 0 Å². The number of carbonyl (C=O) groups is 2. The number of carbonyl (C=O) groups excluding carboxylic acids is 2. The molecule has 3 rings (SSSR count). The minimum Gasteiger partial charge on any atom is -0.360 e. The predicted molar refractivity (Wildman–Crippen MR) is 115 cm³/mol. The summed E-state index contributed by atoms with van der Waals surface area (Å²) >= 11 is 2.72. The highest BCUT2D eigenvalue weighted by molar-refractivity contribution is 7.08. The summed E-state index contributed by atoms with van der Waals surface area (Å²) in [5.41, 5.74) is -0.0137. The van der Waals surface area contributed by atoms with Crippen LogP contribution in [-0.4, -0.2) is 21.4 Å². The number of hydrogen-bond donors (Lipinski definition) is 1. The Bertz CT molecular complexity index is 1210. The summed E-state index contributed by atoms with van der Waals surface area (Å²) in [5.74, 6) is 0.280. The van der Waals surface area contributed by atoms with Gasteiger partial charge in [0.05, 0.1) is 4.53 Å². The zero-order valence-electron chi connectivity index (χ0n) is 16.5. The standard InChI is InChI=1S/C20H21N3O4S2/c1-12-7-16(22-27-12)21-17(25)10-23-18(9-15(24)20(2,3)4)29-14(19(23)26)8-13-5-6-28-11-13/h5-9,11H,10H2,1-4H3,(H,21,22,25)/b14-8+,18-9-. The van der Waals surface area contributed by atoms with Crippen LogP contribution in [0.4, 0.5) is 5.82 Å². The largest absolute Gasteiger partial charge is 0.360 e. The third-order valence-corrected chi connectivity index (χ3v) is 5.73. The average Bonchev–Trinajstić information content (AvgIpc) is 3.33. The third kappa shape index (κ3) is 5.18. The lowest BCUT2D eigenvalue weighted by molar-refractivity contribution is -0.120. The minimum absolute atomic E-state index is 0.123. The molecule has 0 aromatic carbocycles. The molecule has 3 aromatic rings. The van der Waals surface area contributed by atoms with Crippen molar-refractivity contribution in [2.75, 3.05) is 5.32 Å². The molecule has 3 aromatic heterocycles. The lowest BCUT2D eigenvalue weighted by Crippen LogP contribution is -2.36. The van der Waals surface area contributed by atoms with E-state index in [4.69, 9.17) is 4.52 Å². The Labute approximate surface area is 175 Å². The molecule has 152 valence electrons. The van der Waals surface area contributed by atoms with Gasteiger partial charge in [-0.05, 0) is 35.4 Å². The molecule has 9 heteroatoms. The molecule has 0 spiro atoms. The van der Waals surface area contributed by atoms with E-state index < -0.39 is 11.3 Å². The topological polar surface area (TPSA) is 94.2 Å². The first-order valence-electron chi connectivity index (χ1n) is 8.86. The van der Waals surface area contributed by atoms with Gasteiger partial charge in [-0.1, -0.05) is 25.9 Å². The Hall–Kier alpha value is -2.78. The monoisotopic (exact) mass is 431 g/mol. The lowest BCUT2D eigenvalue weighted by atomic mass is 9.91. The fourth-order valence-electron chi connectivity index (χ4n) is 2.38. The van der Waals surface area contributed by atoms with Crippen LogP contribution in [0, 0.1) is 12.3 Å². The van der Waals surface area contributed by atoms with Gasteiger partial charge < -0.3 is 9.84 Å². The highest BCUT2D eigenvalue weighted by Gasteiger charge is 2.20. The molecular formula is C20H21N3O4S2. The van der Waals surface area contributed by atoms with Crippen LogP contribution in [-0.2, 0) is 16.1 Å². The number of amides is 1. The Balaban J connectivity index is 2.02. The van der Waals surface area contributed by atoms with Crippen LogP contribution >= 0.6 is 22.7 Å². The van der Waals surface area contributed by atoms with E-state index in [0.29, 0.717) is 15.0 Å². The number of rotatable bonds is 5. The summed E-state index contributed by atoms with van der Waals surface area (Å²) in [6.07, 6.45) is 3.20. The molecule has 0 saturated heterocycles. The van der Waals surface area contributed by atoms with E-state index in [1.165, 1.54) is 33.3 Å². The van der Waals surface area contributed by atoms with Gasteiger partial charge in [-0.3, -0.25) is 19.0 Å². The Morgan fingerprint density at radius 1 is 1.34 bits per heavy atom. The number of Topliss-reactive ketones (excluding diaryl/α,β-unsaturated/α-hetero) is 1. The minimum atomic E-state index is -0.595.